The van der Waals surface area contributed by atoms with Gasteiger partial charge in [-0.2, -0.15) is 0 Å². The van der Waals surface area contributed by atoms with Crippen molar-refractivity contribution in [1.82, 2.24) is 25.3 Å². The third-order valence-electron chi connectivity index (χ3n) is 3.66. The van der Waals surface area contributed by atoms with Gasteiger partial charge in [0, 0.05) is 10.8 Å². The monoisotopic (exact) mass is 385 g/mol. The summed E-state index contributed by atoms with van der Waals surface area (Å²) in [6.07, 6.45) is 0. The molecule has 9 nitrogen and oxygen atoms in total. The molecular weight excluding hydrogens is 362 g/mol. The zero-order valence-corrected chi connectivity index (χ0v) is 16.8. The lowest BCUT2D eigenvalue weighted by molar-refractivity contribution is -0.169. The molecule has 0 unspecified atom stereocenters. The number of benzene rings is 1. The Bertz CT molecular complexity index is 1020. The van der Waals surface area contributed by atoms with Gasteiger partial charge in [-0.15, -0.1) is 14.8 Å². The summed E-state index contributed by atoms with van der Waals surface area (Å²) in [5.74, 6) is -2.87. The molecule has 0 radical (unpaired) electrons. The van der Waals surface area contributed by atoms with Crippen molar-refractivity contribution in [2.24, 2.45) is 0 Å². The van der Waals surface area contributed by atoms with E-state index < -0.39 is 29.1 Å². The van der Waals surface area contributed by atoms with Gasteiger partial charge in [-0.1, -0.05) is 24.3 Å². The molecule has 9 heteroatoms. The van der Waals surface area contributed by atoms with Crippen LogP contribution in [-0.4, -0.2) is 48.4 Å². The summed E-state index contributed by atoms with van der Waals surface area (Å²) in [6, 6.07) is 7.16. The summed E-state index contributed by atoms with van der Waals surface area (Å²) >= 11 is 0. The highest BCUT2D eigenvalue weighted by Gasteiger charge is 2.39. The number of carbonyl (C=O) groups is 2. The number of tetrazole rings is 1. The Morgan fingerprint density at radius 2 is 1.46 bits per heavy atom. The number of rotatable bonds is 3. The molecule has 28 heavy (non-hydrogen) atoms. The molecule has 0 saturated carbocycles. The van der Waals surface area contributed by atoms with Crippen molar-refractivity contribution < 1.29 is 19.1 Å². The number of esters is 2. The number of fused-ring (bicyclic) bond motifs is 3. The van der Waals surface area contributed by atoms with E-state index >= 15 is 0 Å². The Kier molecular flexibility index (Phi) is 4.78. The highest BCUT2D eigenvalue weighted by molar-refractivity contribution is 6.06. The Hall–Kier alpha value is -3.10. The smallest absolute Gasteiger partial charge is 0.327 e. The van der Waals surface area contributed by atoms with E-state index in [-0.39, 0.29) is 5.69 Å². The van der Waals surface area contributed by atoms with E-state index in [0.717, 1.165) is 0 Å². The molecule has 1 aromatic carbocycles. The summed E-state index contributed by atoms with van der Waals surface area (Å²) in [7, 11) is 0. The highest BCUT2D eigenvalue weighted by atomic mass is 16.6. The number of ether oxygens (including phenoxy) is 2. The van der Waals surface area contributed by atoms with Crippen LogP contribution in [0.25, 0.3) is 16.4 Å². The average Bonchev–Trinajstić information content (AvgIpc) is 3.00. The average molecular weight is 385 g/mol. The number of nitrogens with zero attached hydrogens (tertiary/aromatic N) is 5. The normalized spacial score (nSPS) is 12.5. The predicted molar refractivity (Wildman–Crippen MR) is 101 cm³/mol. The Balaban J connectivity index is 2.21. The molecular formula is C19H23N5O4. The van der Waals surface area contributed by atoms with Crippen molar-refractivity contribution in [3.8, 4) is 0 Å². The van der Waals surface area contributed by atoms with Gasteiger partial charge in [0.05, 0.1) is 5.69 Å². The van der Waals surface area contributed by atoms with E-state index in [2.05, 4.69) is 20.6 Å². The maximum Gasteiger partial charge on any atom is 0.327 e. The lowest BCUT2D eigenvalue weighted by atomic mass is 9.99. The van der Waals surface area contributed by atoms with Crippen LogP contribution >= 0.6 is 0 Å². The van der Waals surface area contributed by atoms with Gasteiger partial charge in [-0.05, 0) is 52.0 Å². The second-order valence-electron chi connectivity index (χ2n) is 8.42. The zero-order chi connectivity index (χ0) is 20.7. The number of carbonyl (C=O) groups excluding carboxylic acids is 2. The molecule has 148 valence electrons. The fourth-order valence-corrected chi connectivity index (χ4v) is 2.72. The van der Waals surface area contributed by atoms with Crippen LogP contribution in [-0.2, 0) is 19.1 Å². The van der Waals surface area contributed by atoms with Crippen molar-refractivity contribution in [3.05, 3.63) is 30.0 Å². The fourth-order valence-electron chi connectivity index (χ4n) is 2.72. The minimum Gasteiger partial charge on any atom is -0.459 e. The largest absolute Gasteiger partial charge is 0.459 e. The lowest BCUT2D eigenvalue weighted by Gasteiger charge is -2.26. The first-order valence-electron chi connectivity index (χ1n) is 8.89. The van der Waals surface area contributed by atoms with Gasteiger partial charge >= 0.3 is 11.9 Å². The summed E-state index contributed by atoms with van der Waals surface area (Å²) < 4.78 is 12.2. The van der Waals surface area contributed by atoms with E-state index in [1.54, 1.807) is 59.7 Å². The summed E-state index contributed by atoms with van der Waals surface area (Å²) in [6.45, 7) is 10.4. The topological polar surface area (TPSA) is 109 Å². The third-order valence-corrected chi connectivity index (χ3v) is 3.66. The zero-order valence-electron chi connectivity index (χ0n) is 16.8. The minimum atomic E-state index is -1.38. The minimum absolute atomic E-state index is 0.180. The summed E-state index contributed by atoms with van der Waals surface area (Å²) in [4.78, 5) is 26.0. The van der Waals surface area contributed by atoms with Crippen molar-refractivity contribution in [2.75, 3.05) is 0 Å². The molecule has 0 saturated heterocycles. The standard InChI is InChI=1S/C19H23N5O4/c1-18(2,3)27-16(25)13(17(26)28-19(4,5)6)14-11-9-7-8-10-12(11)15-20-22-23-24(15)21-14/h7-10,13H,1-6H3. The first-order chi connectivity index (χ1) is 13.0. The molecule has 0 N–H and O–H groups in total. The first-order valence-corrected chi connectivity index (χ1v) is 8.89. The van der Waals surface area contributed by atoms with E-state index in [1.807, 2.05) is 6.07 Å². The van der Waals surface area contributed by atoms with Crippen molar-refractivity contribution in [3.63, 3.8) is 0 Å². The molecule has 3 aromatic rings. The maximum absolute atomic E-state index is 13.0. The molecule has 0 aliphatic rings. The molecule has 2 aromatic heterocycles. The van der Waals surface area contributed by atoms with Gasteiger partial charge in [-0.25, -0.2) is 0 Å². The third kappa shape index (κ3) is 4.08. The second-order valence-corrected chi connectivity index (χ2v) is 8.42. The summed E-state index contributed by atoms with van der Waals surface area (Å²) in [5.41, 5.74) is -0.969. The Morgan fingerprint density at radius 1 is 0.929 bits per heavy atom. The number of hydrogen-bond acceptors (Lipinski definition) is 8. The maximum atomic E-state index is 13.0. The van der Waals surface area contributed by atoms with Gasteiger partial charge in [0.15, 0.2) is 5.92 Å². The fraction of sp³-hybridized carbons (Fsp3) is 0.474. The first kappa shape index (κ1) is 19.7. The molecule has 2 heterocycles. The van der Waals surface area contributed by atoms with Crippen LogP contribution in [0, 0.1) is 0 Å². The quantitative estimate of drug-likeness (QED) is 0.500. The van der Waals surface area contributed by atoms with Crippen LogP contribution in [0.5, 0.6) is 0 Å². The second kappa shape index (κ2) is 6.81. The number of hydrogen-bond donors (Lipinski definition) is 0. The van der Waals surface area contributed by atoms with Gasteiger partial charge in [0.2, 0.25) is 5.65 Å². The van der Waals surface area contributed by atoms with Crippen LogP contribution < -0.4 is 0 Å². The van der Waals surface area contributed by atoms with Gasteiger partial charge in [0.25, 0.3) is 0 Å². The van der Waals surface area contributed by atoms with E-state index in [1.165, 1.54) is 4.63 Å². The van der Waals surface area contributed by atoms with Crippen LogP contribution in [0.4, 0.5) is 0 Å². The van der Waals surface area contributed by atoms with Gasteiger partial charge in [-0.3, -0.25) is 9.59 Å². The highest BCUT2D eigenvalue weighted by Crippen LogP contribution is 2.30. The van der Waals surface area contributed by atoms with Crippen molar-refractivity contribution >= 4 is 28.4 Å². The molecule has 0 amide bonds. The Morgan fingerprint density at radius 3 is 2.00 bits per heavy atom. The van der Waals surface area contributed by atoms with Crippen LogP contribution in [0.1, 0.15) is 53.2 Å². The molecule has 0 spiro atoms. The molecule has 0 bridgehead atoms. The van der Waals surface area contributed by atoms with Gasteiger partial charge in [0.1, 0.15) is 11.2 Å². The predicted octanol–water partition coefficient (Wildman–Crippen LogP) is 2.44. The van der Waals surface area contributed by atoms with Crippen LogP contribution in [0.15, 0.2) is 24.3 Å². The SMILES string of the molecule is CC(C)(C)OC(=O)C(C(=O)OC(C)(C)C)c1nn2nnnc2c2ccccc12. The van der Waals surface area contributed by atoms with E-state index in [4.69, 9.17) is 9.47 Å². The van der Waals surface area contributed by atoms with E-state index in [0.29, 0.717) is 16.4 Å². The summed E-state index contributed by atoms with van der Waals surface area (Å²) in [5, 5.41) is 17.0. The molecule has 0 atom stereocenters. The van der Waals surface area contributed by atoms with Crippen LogP contribution in [0.3, 0.4) is 0 Å². The molecule has 0 fully saturated rings. The Labute approximate surface area is 162 Å². The lowest BCUT2D eigenvalue weighted by Crippen LogP contribution is -2.36. The van der Waals surface area contributed by atoms with Crippen LogP contribution in [0.2, 0.25) is 0 Å². The van der Waals surface area contributed by atoms with E-state index in [9.17, 15) is 9.59 Å². The van der Waals surface area contributed by atoms with Crippen molar-refractivity contribution in [1.29, 1.82) is 0 Å². The van der Waals surface area contributed by atoms with Gasteiger partial charge < -0.3 is 9.47 Å². The molecule has 0 aliphatic heterocycles. The molecule has 0 aliphatic carbocycles. The van der Waals surface area contributed by atoms with Crippen molar-refractivity contribution in [2.45, 2.75) is 58.7 Å². The molecule has 3 rings (SSSR count). The number of aromatic nitrogens is 5.